The van der Waals surface area contributed by atoms with Crippen molar-refractivity contribution in [2.45, 2.75) is 38.2 Å². The summed E-state index contributed by atoms with van der Waals surface area (Å²) in [5, 5.41) is 11.8. The largest absolute Gasteiger partial charge is 0.478 e. The number of rotatable bonds is 5. The van der Waals surface area contributed by atoms with Crippen molar-refractivity contribution in [2.75, 3.05) is 12.4 Å². The molecule has 0 unspecified atom stereocenters. The Balaban J connectivity index is 2.04. The zero-order chi connectivity index (χ0) is 14.8. The molecule has 1 aromatic carbocycles. The summed E-state index contributed by atoms with van der Waals surface area (Å²) in [5.41, 5.74) is 1.05. The Bertz CT molecular complexity index is 529. The molecule has 2 rings (SSSR count). The number of benzene rings is 1. The average Bonchev–Trinajstić information content (AvgIpc) is 2.36. The summed E-state index contributed by atoms with van der Waals surface area (Å²) >= 11 is 0. The van der Waals surface area contributed by atoms with Gasteiger partial charge in [0.05, 0.1) is 17.6 Å². The van der Waals surface area contributed by atoms with Crippen LogP contribution in [0.2, 0.25) is 0 Å². The zero-order valence-corrected chi connectivity index (χ0v) is 11.7. The fraction of sp³-hybridized carbons (Fsp3) is 0.467. The van der Waals surface area contributed by atoms with Gasteiger partial charge in [-0.1, -0.05) is 6.07 Å². The topological polar surface area (TPSA) is 75.6 Å². The van der Waals surface area contributed by atoms with Crippen LogP contribution in [-0.2, 0) is 9.53 Å². The van der Waals surface area contributed by atoms with Crippen LogP contribution >= 0.6 is 0 Å². The Morgan fingerprint density at radius 1 is 1.40 bits per heavy atom. The van der Waals surface area contributed by atoms with Gasteiger partial charge in [-0.15, -0.1) is 0 Å². The van der Waals surface area contributed by atoms with E-state index in [1.54, 1.807) is 26.2 Å². The number of carboxylic acid groups (broad SMARTS) is 1. The number of hydrogen-bond acceptors (Lipinski definition) is 3. The lowest BCUT2D eigenvalue weighted by Crippen LogP contribution is -2.42. The lowest BCUT2D eigenvalue weighted by atomic mass is 9.77. The van der Waals surface area contributed by atoms with Crippen molar-refractivity contribution in [3.8, 4) is 0 Å². The summed E-state index contributed by atoms with van der Waals surface area (Å²) < 4.78 is 5.41. The maximum Gasteiger partial charge on any atom is 0.336 e. The van der Waals surface area contributed by atoms with Crippen LogP contribution in [0.15, 0.2) is 18.2 Å². The Morgan fingerprint density at radius 3 is 2.60 bits per heavy atom. The molecule has 0 spiro atoms. The van der Waals surface area contributed by atoms with Crippen molar-refractivity contribution in [1.82, 2.24) is 0 Å². The second kappa shape index (κ2) is 5.63. The highest BCUT2D eigenvalue weighted by Gasteiger charge is 2.38. The van der Waals surface area contributed by atoms with Crippen LogP contribution in [0.4, 0.5) is 5.69 Å². The van der Waals surface area contributed by atoms with Gasteiger partial charge in [0, 0.05) is 12.8 Å². The summed E-state index contributed by atoms with van der Waals surface area (Å²) in [6, 6.07) is 4.88. The lowest BCUT2D eigenvalue weighted by Gasteiger charge is -2.39. The minimum absolute atomic E-state index is 0.147. The first-order valence-electron chi connectivity index (χ1n) is 6.65. The van der Waals surface area contributed by atoms with E-state index >= 15 is 0 Å². The number of carbonyl (C=O) groups excluding carboxylic acids is 1. The monoisotopic (exact) mass is 277 g/mol. The number of nitrogens with one attached hydrogen (secondary N) is 1. The van der Waals surface area contributed by atoms with E-state index in [-0.39, 0.29) is 17.1 Å². The molecule has 0 aromatic heterocycles. The zero-order valence-electron chi connectivity index (χ0n) is 11.7. The van der Waals surface area contributed by atoms with Gasteiger partial charge < -0.3 is 15.2 Å². The number of amides is 1. The van der Waals surface area contributed by atoms with Gasteiger partial charge in [0.1, 0.15) is 0 Å². The summed E-state index contributed by atoms with van der Waals surface area (Å²) in [5.74, 6) is -1.14. The third-order valence-electron chi connectivity index (χ3n) is 3.93. The molecule has 20 heavy (non-hydrogen) atoms. The molecular formula is C15H19NO4. The lowest BCUT2D eigenvalue weighted by molar-refractivity contribution is -0.129. The molecule has 0 heterocycles. The van der Waals surface area contributed by atoms with E-state index in [9.17, 15) is 9.59 Å². The van der Waals surface area contributed by atoms with Crippen LogP contribution in [0, 0.1) is 6.92 Å². The maximum atomic E-state index is 12.0. The molecule has 1 fully saturated rings. The van der Waals surface area contributed by atoms with Crippen molar-refractivity contribution >= 4 is 17.6 Å². The summed E-state index contributed by atoms with van der Waals surface area (Å²) in [7, 11) is 1.63. The van der Waals surface area contributed by atoms with Gasteiger partial charge in [0.15, 0.2) is 0 Å². The van der Waals surface area contributed by atoms with Gasteiger partial charge in [0.25, 0.3) is 0 Å². The predicted octanol–water partition coefficient (Wildman–Crippen LogP) is 2.59. The van der Waals surface area contributed by atoms with E-state index in [4.69, 9.17) is 9.84 Å². The molecule has 1 saturated carbocycles. The number of hydrogen-bond donors (Lipinski definition) is 2. The van der Waals surface area contributed by atoms with Gasteiger partial charge in [-0.05, 0) is 43.9 Å². The fourth-order valence-electron chi connectivity index (χ4n) is 2.45. The third kappa shape index (κ3) is 2.99. The molecule has 1 aliphatic carbocycles. The molecule has 0 bridgehead atoms. The van der Waals surface area contributed by atoms with Gasteiger partial charge >= 0.3 is 5.97 Å². The average molecular weight is 277 g/mol. The number of ether oxygens (including phenoxy) is 1. The number of carbonyl (C=O) groups is 2. The molecule has 1 aliphatic rings. The second-order valence-electron chi connectivity index (χ2n) is 5.30. The first kappa shape index (κ1) is 14.5. The SMILES string of the molecule is COC1(CC(=O)Nc2ccc(C)c(C(=O)O)c2)CCC1. The van der Waals surface area contributed by atoms with Gasteiger partial charge in [-0.25, -0.2) is 4.79 Å². The van der Waals surface area contributed by atoms with Gasteiger partial charge in [0.2, 0.25) is 5.91 Å². The Labute approximate surface area is 117 Å². The quantitative estimate of drug-likeness (QED) is 0.867. The highest BCUT2D eigenvalue weighted by atomic mass is 16.5. The van der Waals surface area contributed by atoms with E-state index in [0.29, 0.717) is 17.7 Å². The van der Waals surface area contributed by atoms with Crippen molar-refractivity contribution < 1.29 is 19.4 Å². The molecule has 2 N–H and O–H groups in total. The number of anilines is 1. The minimum Gasteiger partial charge on any atom is -0.478 e. The van der Waals surface area contributed by atoms with Crippen LogP contribution in [0.25, 0.3) is 0 Å². The van der Waals surface area contributed by atoms with Crippen LogP contribution in [-0.4, -0.2) is 29.7 Å². The maximum absolute atomic E-state index is 12.0. The number of aromatic carboxylic acids is 1. The first-order chi connectivity index (χ1) is 9.46. The van der Waals surface area contributed by atoms with Gasteiger partial charge in [-0.3, -0.25) is 4.79 Å². The molecule has 108 valence electrons. The van der Waals surface area contributed by atoms with Crippen LogP contribution in [0.3, 0.4) is 0 Å². The highest BCUT2D eigenvalue weighted by molar-refractivity contribution is 5.95. The summed E-state index contributed by atoms with van der Waals surface area (Å²) in [4.78, 5) is 23.1. The molecule has 0 radical (unpaired) electrons. The molecule has 0 aliphatic heterocycles. The second-order valence-corrected chi connectivity index (χ2v) is 5.30. The molecule has 1 amide bonds. The van der Waals surface area contributed by atoms with E-state index in [0.717, 1.165) is 19.3 Å². The van der Waals surface area contributed by atoms with Crippen molar-refractivity contribution in [2.24, 2.45) is 0 Å². The molecule has 0 saturated heterocycles. The Kier molecular flexibility index (Phi) is 4.09. The van der Waals surface area contributed by atoms with Crippen LogP contribution in [0.5, 0.6) is 0 Å². The first-order valence-corrected chi connectivity index (χ1v) is 6.65. The smallest absolute Gasteiger partial charge is 0.336 e. The van der Waals surface area contributed by atoms with E-state index in [1.807, 2.05) is 0 Å². The number of carboxylic acids is 1. The van der Waals surface area contributed by atoms with Crippen molar-refractivity contribution in [3.05, 3.63) is 29.3 Å². The summed E-state index contributed by atoms with van der Waals surface area (Å²) in [6.45, 7) is 1.73. The molecule has 1 aromatic rings. The van der Waals surface area contributed by atoms with E-state index < -0.39 is 5.97 Å². The molecule has 5 heteroatoms. The number of aryl methyl sites for hydroxylation is 1. The van der Waals surface area contributed by atoms with Crippen LogP contribution in [0.1, 0.15) is 41.6 Å². The van der Waals surface area contributed by atoms with Crippen molar-refractivity contribution in [3.63, 3.8) is 0 Å². The highest BCUT2D eigenvalue weighted by Crippen LogP contribution is 2.38. The Morgan fingerprint density at radius 2 is 2.10 bits per heavy atom. The standard InChI is InChI=1S/C15H19NO4/c1-10-4-5-11(8-12(10)14(18)19)16-13(17)9-15(20-2)6-3-7-15/h4-5,8H,3,6-7,9H2,1-2H3,(H,16,17)(H,18,19). The molecule has 0 atom stereocenters. The predicted molar refractivity (Wildman–Crippen MR) is 75.0 cm³/mol. The normalized spacial score (nSPS) is 16.3. The summed E-state index contributed by atoms with van der Waals surface area (Å²) in [6.07, 6.45) is 3.17. The van der Waals surface area contributed by atoms with Gasteiger partial charge in [-0.2, -0.15) is 0 Å². The third-order valence-corrected chi connectivity index (χ3v) is 3.93. The fourth-order valence-corrected chi connectivity index (χ4v) is 2.45. The Hall–Kier alpha value is -1.88. The van der Waals surface area contributed by atoms with Crippen molar-refractivity contribution in [1.29, 1.82) is 0 Å². The molecule has 5 nitrogen and oxygen atoms in total. The molecular weight excluding hydrogens is 258 g/mol. The van der Waals surface area contributed by atoms with E-state index in [1.165, 1.54) is 6.07 Å². The number of methoxy groups -OCH3 is 1. The van der Waals surface area contributed by atoms with E-state index in [2.05, 4.69) is 5.32 Å². The van der Waals surface area contributed by atoms with Crippen LogP contribution < -0.4 is 5.32 Å². The minimum atomic E-state index is -0.994.